The second-order valence-electron chi connectivity index (χ2n) is 5.03. The van der Waals surface area contributed by atoms with E-state index in [0.717, 1.165) is 11.7 Å². The van der Waals surface area contributed by atoms with Gasteiger partial charge in [-0.25, -0.2) is 0 Å². The molecule has 100 valence electrons. The van der Waals surface area contributed by atoms with Gasteiger partial charge in [0.15, 0.2) is 0 Å². The molecular weight excluding hydrogens is 242 g/mol. The molecule has 3 unspecified atom stereocenters. The lowest BCUT2D eigenvalue weighted by atomic mass is 10.0. The van der Waals surface area contributed by atoms with Crippen LogP contribution in [0.15, 0.2) is 24.3 Å². The van der Waals surface area contributed by atoms with E-state index in [2.05, 4.69) is 18.5 Å². The quantitative estimate of drug-likeness (QED) is 0.851. The van der Waals surface area contributed by atoms with E-state index < -0.39 is 0 Å². The average Bonchev–Trinajstić information content (AvgIpc) is 2.84. The third kappa shape index (κ3) is 3.21. The van der Waals surface area contributed by atoms with Crippen LogP contribution in [0.5, 0.6) is 5.75 Å². The fraction of sp³-hybridized carbons (Fsp3) is 0.600. The summed E-state index contributed by atoms with van der Waals surface area (Å²) >= 11 is 1.99. The molecule has 0 heterocycles. The Balaban J connectivity index is 2.02. The fourth-order valence-electron chi connectivity index (χ4n) is 2.81. The van der Waals surface area contributed by atoms with Gasteiger partial charge in [-0.15, -0.1) is 0 Å². The third-order valence-corrected chi connectivity index (χ3v) is 5.04. The van der Waals surface area contributed by atoms with Crippen LogP contribution in [0, 0.1) is 0 Å². The van der Waals surface area contributed by atoms with Crippen LogP contribution in [0.1, 0.15) is 44.2 Å². The van der Waals surface area contributed by atoms with Gasteiger partial charge in [-0.1, -0.05) is 25.5 Å². The monoisotopic (exact) mass is 265 g/mol. The molecule has 1 aliphatic carbocycles. The SMILES string of the molecule is CCC(NC1CCCC1SC)c1ccc(O)cc1. The Labute approximate surface area is 114 Å². The number of nitrogens with one attached hydrogen (secondary N) is 1. The summed E-state index contributed by atoms with van der Waals surface area (Å²) in [7, 11) is 0. The number of rotatable bonds is 5. The molecule has 1 saturated carbocycles. The smallest absolute Gasteiger partial charge is 0.115 e. The van der Waals surface area contributed by atoms with Crippen molar-refractivity contribution in [2.75, 3.05) is 6.26 Å². The first-order valence-corrected chi connectivity index (χ1v) is 8.11. The fourth-order valence-corrected chi connectivity index (χ4v) is 3.76. The van der Waals surface area contributed by atoms with E-state index >= 15 is 0 Å². The zero-order chi connectivity index (χ0) is 13.0. The summed E-state index contributed by atoms with van der Waals surface area (Å²) in [5.41, 5.74) is 1.28. The predicted molar refractivity (Wildman–Crippen MR) is 79.2 cm³/mol. The van der Waals surface area contributed by atoms with Crippen LogP contribution >= 0.6 is 11.8 Å². The molecule has 18 heavy (non-hydrogen) atoms. The van der Waals surface area contributed by atoms with E-state index in [4.69, 9.17) is 0 Å². The van der Waals surface area contributed by atoms with Crippen molar-refractivity contribution < 1.29 is 5.11 Å². The average molecular weight is 265 g/mol. The Hall–Kier alpha value is -0.670. The Morgan fingerprint density at radius 1 is 1.33 bits per heavy atom. The van der Waals surface area contributed by atoms with Crippen LogP contribution in [0.25, 0.3) is 0 Å². The highest BCUT2D eigenvalue weighted by Crippen LogP contribution is 2.31. The summed E-state index contributed by atoms with van der Waals surface area (Å²) in [5, 5.41) is 13.9. The van der Waals surface area contributed by atoms with Crippen LogP contribution in [0.3, 0.4) is 0 Å². The van der Waals surface area contributed by atoms with Gasteiger partial charge in [0.2, 0.25) is 0 Å². The van der Waals surface area contributed by atoms with E-state index in [0.29, 0.717) is 17.8 Å². The Morgan fingerprint density at radius 2 is 2.06 bits per heavy atom. The van der Waals surface area contributed by atoms with Gasteiger partial charge in [0.25, 0.3) is 0 Å². The van der Waals surface area contributed by atoms with Crippen molar-refractivity contribution in [3.63, 3.8) is 0 Å². The Bertz CT molecular complexity index is 365. The van der Waals surface area contributed by atoms with Gasteiger partial charge in [-0.2, -0.15) is 11.8 Å². The summed E-state index contributed by atoms with van der Waals surface area (Å²) in [6.07, 6.45) is 7.27. The normalized spacial score (nSPS) is 25.2. The maximum atomic E-state index is 9.35. The first-order chi connectivity index (χ1) is 8.74. The van der Waals surface area contributed by atoms with Crippen molar-refractivity contribution in [2.24, 2.45) is 0 Å². The molecule has 0 spiro atoms. The molecule has 2 rings (SSSR count). The van der Waals surface area contributed by atoms with E-state index in [9.17, 15) is 5.11 Å². The summed E-state index contributed by atoms with van der Waals surface area (Å²) in [6.45, 7) is 2.22. The first-order valence-electron chi connectivity index (χ1n) is 6.82. The summed E-state index contributed by atoms with van der Waals surface area (Å²) in [5.74, 6) is 0.344. The number of benzene rings is 1. The van der Waals surface area contributed by atoms with Gasteiger partial charge in [0.05, 0.1) is 0 Å². The number of phenols is 1. The molecule has 3 atom stereocenters. The van der Waals surface area contributed by atoms with Crippen LogP contribution in [-0.2, 0) is 0 Å². The zero-order valence-electron chi connectivity index (χ0n) is 11.2. The van der Waals surface area contributed by atoms with Crippen molar-refractivity contribution >= 4 is 11.8 Å². The Morgan fingerprint density at radius 3 is 2.67 bits per heavy atom. The first kappa shape index (κ1) is 13.8. The van der Waals surface area contributed by atoms with Crippen molar-refractivity contribution in [1.82, 2.24) is 5.32 Å². The number of aromatic hydroxyl groups is 1. The highest BCUT2D eigenvalue weighted by atomic mass is 32.2. The molecule has 3 heteroatoms. The minimum atomic E-state index is 0.344. The molecule has 1 aromatic carbocycles. The minimum Gasteiger partial charge on any atom is -0.508 e. The van der Waals surface area contributed by atoms with Crippen LogP contribution < -0.4 is 5.32 Å². The van der Waals surface area contributed by atoms with Crippen molar-refractivity contribution in [3.05, 3.63) is 29.8 Å². The topological polar surface area (TPSA) is 32.3 Å². The van der Waals surface area contributed by atoms with Crippen molar-refractivity contribution in [2.45, 2.75) is 49.9 Å². The molecule has 2 N–H and O–H groups in total. The van der Waals surface area contributed by atoms with E-state index in [1.165, 1.54) is 24.8 Å². The van der Waals surface area contributed by atoms with Gasteiger partial charge in [0.1, 0.15) is 5.75 Å². The van der Waals surface area contributed by atoms with Crippen molar-refractivity contribution in [1.29, 1.82) is 0 Å². The molecule has 0 radical (unpaired) electrons. The number of thioether (sulfide) groups is 1. The minimum absolute atomic E-state index is 0.344. The second-order valence-corrected chi connectivity index (χ2v) is 6.11. The van der Waals surface area contributed by atoms with Crippen LogP contribution in [0.2, 0.25) is 0 Å². The zero-order valence-corrected chi connectivity index (χ0v) is 12.0. The second kappa shape index (κ2) is 6.48. The van der Waals surface area contributed by atoms with Gasteiger partial charge >= 0.3 is 0 Å². The molecule has 0 bridgehead atoms. The molecule has 0 saturated heterocycles. The summed E-state index contributed by atoms with van der Waals surface area (Å²) < 4.78 is 0. The standard InChI is InChI=1S/C15H23NOS/c1-3-13(11-7-9-12(17)10-8-11)16-14-5-4-6-15(14)18-2/h7-10,13-17H,3-6H2,1-2H3. The van der Waals surface area contributed by atoms with E-state index in [1.54, 1.807) is 12.1 Å². The van der Waals surface area contributed by atoms with Gasteiger partial charge < -0.3 is 10.4 Å². The molecule has 2 nitrogen and oxygen atoms in total. The maximum Gasteiger partial charge on any atom is 0.115 e. The number of hydrogen-bond acceptors (Lipinski definition) is 3. The lowest BCUT2D eigenvalue weighted by Crippen LogP contribution is -2.36. The molecule has 1 fully saturated rings. The predicted octanol–water partition coefficient (Wildman–Crippen LogP) is 3.72. The highest BCUT2D eigenvalue weighted by molar-refractivity contribution is 7.99. The third-order valence-electron chi connectivity index (χ3n) is 3.87. The molecule has 0 amide bonds. The van der Waals surface area contributed by atoms with Gasteiger partial charge in [-0.3, -0.25) is 0 Å². The molecule has 0 aliphatic heterocycles. The summed E-state index contributed by atoms with van der Waals surface area (Å²) in [6, 6.07) is 8.65. The van der Waals surface area contributed by atoms with Crippen LogP contribution in [-0.4, -0.2) is 22.7 Å². The van der Waals surface area contributed by atoms with Gasteiger partial charge in [0, 0.05) is 17.3 Å². The lowest BCUT2D eigenvalue weighted by Gasteiger charge is -2.26. The van der Waals surface area contributed by atoms with Gasteiger partial charge in [-0.05, 0) is 43.2 Å². The van der Waals surface area contributed by atoms with Crippen molar-refractivity contribution in [3.8, 4) is 5.75 Å². The number of phenolic OH excluding ortho intramolecular Hbond substituents is 1. The van der Waals surface area contributed by atoms with Crippen LogP contribution in [0.4, 0.5) is 0 Å². The molecular formula is C15H23NOS. The number of hydrogen-bond donors (Lipinski definition) is 2. The molecule has 1 aromatic rings. The Kier molecular flexibility index (Phi) is 4.95. The maximum absolute atomic E-state index is 9.35. The molecule has 1 aliphatic rings. The lowest BCUT2D eigenvalue weighted by molar-refractivity contribution is 0.434. The largest absolute Gasteiger partial charge is 0.508 e. The van der Waals surface area contributed by atoms with E-state index in [1.807, 2.05) is 23.9 Å². The van der Waals surface area contributed by atoms with E-state index in [-0.39, 0.29) is 0 Å². The summed E-state index contributed by atoms with van der Waals surface area (Å²) in [4.78, 5) is 0. The highest BCUT2D eigenvalue weighted by Gasteiger charge is 2.28. The molecule has 0 aromatic heterocycles.